The lowest BCUT2D eigenvalue weighted by Gasteiger charge is -2.04. The number of thiophene rings is 1. The number of nitrogens with zero attached hydrogens (tertiary/aromatic N) is 1. The van der Waals surface area contributed by atoms with E-state index in [1.165, 1.54) is 25.1 Å². The van der Waals surface area contributed by atoms with Gasteiger partial charge in [0, 0.05) is 17.0 Å². The molecule has 0 aliphatic rings. The van der Waals surface area contributed by atoms with Gasteiger partial charge in [-0.3, -0.25) is 10.1 Å². The van der Waals surface area contributed by atoms with Gasteiger partial charge in [-0.15, -0.1) is 0 Å². The van der Waals surface area contributed by atoms with Gasteiger partial charge in [0.25, 0.3) is 5.06 Å². The van der Waals surface area contributed by atoms with Crippen LogP contribution in [0.15, 0.2) is 24.3 Å². The summed E-state index contributed by atoms with van der Waals surface area (Å²) in [5, 5.41) is 21.2. The SMILES string of the molecule is CC(O)c1cc([N+](=O)[O-])c(Oc2ccc(Cl)c(Cl)c2)s1. The lowest BCUT2D eigenvalue weighted by atomic mass is 10.3. The third-order valence-electron chi connectivity index (χ3n) is 2.41. The molecule has 1 atom stereocenters. The number of hydrogen-bond acceptors (Lipinski definition) is 5. The molecule has 2 aromatic rings. The molecule has 0 aliphatic carbocycles. The first-order valence-corrected chi connectivity index (χ1v) is 7.05. The first-order valence-electron chi connectivity index (χ1n) is 5.47. The zero-order valence-corrected chi connectivity index (χ0v) is 12.5. The third kappa shape index (κ3) is 3.21. The summed E-state index contributed by atoms with van der Waals surface area (Å²) in [5.74, 6) is 0.335. The van der Waals surface area contributed by atoms with E-state index in [4.69, 9.17) is 27.9 Å². The van der Waals surface area contributed by atoms with Crippen molar-refractivity contribution in [2.75, 3.05) is 0 Å². The Morgan fingerprint density at radius 2 is 2.05 bits per heavy atom. The minimum Gasteiger partial charge on any atom is -0.440 e. The standard InChI is InChI=1S/C12H9Cl2NO4S/c1-6(16)11-5-10(15(17)18)12(20-11)19-7-2-3-8(13)9(14)4-7/h2-6,16H,1H3. The minimum atomic E-state index is -0.801. The normalized spacial score (nSPS) is 12.2. The first kappa shape index (κ1) is 15.1. The molecule has 0 fully saturated rings. The second-order valence-corrected chi connectivity index (χ2v) is 5.79. The molecule has 0 bridgehead atoms. The summed E-state index contributed by atoms with van der Waals surface area (Å²) in [6.45, 7) is 1.53. The van der Waals surface area contributed by atoms with Gasteiger partial charge in [0.05, 0.1) is 21.1 Å². The van der Waals surface area contributed by atoms with Crippen molar-refractivity contribution in [2.24, 2.45) is 0 Å². The Morgan fingerprint density at radius 3 is 2.60 bits per heavy atom. The Kier molecular flexibility index (Phi) is 4.49. The number of hydrogen-bond donors (Lipinski definition) is 1. The first-order chi connectivity index (χ1) is 9.38. The smallest absolute Gasteiger partial charge is 0.323 e. The van der Waals surface area contributed by atoms with E-state index >= 15 is 0 Å². The van der Waals surface area contributed by atoms with Crippen molar-refractivity contribution in [3.05, 3.63) is 49.3 Å². The average molecular weight is 334 g/mol. The molecule has 1 heterocycles. The molecule has 0 aliphatic heterocycles. The van der Waals surface area contributed by atoms with Crippen LogP contribution >= 0.6 is 34.5 Å². The van der Waals surface area contributed by atoms with Crippen molar-refractivity contribution in [2.45, 2.75) is 13.0 Å². The maximum absolute atomic E-state index is 11.0. The van der Waals surface area contributed by atoms with E-state index in [1.54, 1.807) is 6.07 Å². The molecule has 0 saturated heterocycles. The van der Waals surface area contributed by atoms with Crippen LogP contribution in [0, 0.1) is 10.1 Å². The zero-order valence-electron chi connectivity index (χ0n) is 10.2. The summed E-state index contributed by atoms with van der Waals surface area (Å²) in [5.41, 5.74) is -0.197. The number of halogens is 2. The van der Waals surface area contributed by atoms with Gasteiger partial charge in [0.1, 0.15) is 5.75 Å². The van der Waals surface area contributed by atoms with Crippen LogP contribution in [0.3, 0.4) is 0 Å². The molecule has 0 amide bonds. The van der Waals surface area contributed by atoms with Crippen molar-refractivity contribution < 1.29 is 14.8 Å². The summed E-state index contributed by atoms with van der Waals surface area (Å²) in [6, 6.07) is 5.85. The Labute approximate surface area is 128 Å². The highest BCUT2D eigenvalue weighted by molar-refractivity contribution is 7.14. The average Bonchev–Trinajstić information content (AvgIpc) is 2.78. The fraction of sp³-hybridized carbons (Fsp3) is 0.167. The second-order valence-electron chi connectivity index (χ2n) is 3.93. The molecule has 1 unspecified atom stereocenters. The molecule has 1 aromatic heterocycles. The molecule has 1 N–H and O–H groups in total. The number of ether oxygens (including phenoxy) is 1. The largest absolute Gasteiger partial charge is 0.440 e. The zero-order chi connectivity index (χ0) is 14.9. The summed E-state index contributed by atoms with van der Waals surface area (Å²) in [6.07, 6.45) is -0.801. The minimum absolute atomic E-state index is 0.0873. The van der Waals surface area contributed by atoms with Crippen LogP contribution in [0.1, 0.15) is 17.9 Å². The fourth-order valence-corrected chi connectivity index (χ4v) is 2.66. The molecule has 8 heteroatoms. The van der Waals surface area contributed by atoms with Crippen LogP contribution in [0.4, 0.5) is 5.69 Å². The lowest BCUT2D eigenvalue weighted by molar-refractivity contribution is -0.385. The van der Waals surface area contributed by atoms with E-state index in [0.29, 0.717) is 20.7 Å². The summed E-state index contributed by atoms with van der Waals surface area (Å²) < 4.78 is 5.46. The monoisotopic (exact) mass is 333 g/mol. The van der Waals surface area contributed by atoms with Crippen LogP contribution < -0.4 is 4.74 Å². The maximum atomic E-state index is 11.0. The van der Waals surface area contributed by atoms with Crippen molar-refractivity contribution in [1.82, 2.24) is 0 Å². The molecule has 20 heavy (non-hydrogen) atoms. The highest BCUT2D eigenvalue weighted by atomic mass is 35.5. The van der Waals surface area contributed by atoms with Gasteiger partial charge in [0.2, 0.25) is 0 Å². The molecular weight excluding hydrogens is 325 g/mol. The topological polar surface area (TPSA) is 72.6 Å². The number of nitro groups is 1. The molecule has 0 spiro atoms. The summed E-state index contributed by atoms with van der Waals surface area (Å²) in [4.78, 5) is 10.9. The molecule has 106 valence electrons. The highest BCUT2D eigenvalue weighted by Gasteiger charge is 2.23. The fourth-order valence-electron chi connectivity index (χ4n) is 1.44. The van der Waals surface area contributed by atoms with Crippen molar-refractivity contribution in [1.29, 1.82) is 0 Å². The van der Waals surface area contributed by atoms with Crippen molar-refractivity contribution in [3.63, 3.8) is 0 Å². The molecule has 0 radical (unpaired) electrons. The summed E-state index contributed by atoms with van der Waals surface area (Å²) >= 11 is 12.7. The summed E-state index contributed by atoms with van der Waals surface area (Å²) in [7, 11) is 0. The van der Waals surface area contributed by atoms with Gasteiger partial charge >= 0.3 is 5.69 Å². The number of aliphatic hydroxyl groups excluding tert-OH is 1. The van der Waals surface area contributed by atoms with Crippen LogP contribution in [-0.4, -0.2) is 10.0 Å². The number of rotatable bonds is 4. The van der Waals surface area contributed by atoms with Crippen molar-refractivity contribution in [3.8, 4) is 10.8 Å². The van der Waals surface area contributed by atoms with Crippen LogP contribution in [-0.2, 0) is 0 Å². The van der Waals surface area contributed by atoms with Gasteiger partial charge in [-0.25, -0.2) is 0 Å². The predicted octanol–water partition coefficient (Wildman–Crippen LogP) is 4.81. The third-order valence-corrected chi connectivity index (χ3v) is 4.32. The van der Waals surface area contributed by atoms with E-state index in [9.17, 15) is 15.2 Å². The van der Waals surface area contributed by atoms with Gasteiger partial charge in [-0.2, -0.15) is 0 Å². The molecule has 0 saturated carbocycles. The highest BCUT2D eigenvalue weighted by Crippen LogP contribution is 2.42. The lowest BCUT2D eigenvalue weighted by Crippen LogP contribution is -1.89. The van der Waals surface area contributed by atoms with Gasteiger partial charge in [-0.1, -0.05) is 34.5 Å². The quantitative estimate of drug-likeness (QED) is 0.643. The molecule has 1 aromatic carbocycles. The van der Waals surface area contributed by atoms with E-state index in [0.717, 1.165) is 11.3 Å². The van der Waals surface area contributed by atoms with Crippen LogP contribution in [0.2, 0.25) is 10.0 Å². The van der Waals surface area contributed by atoms with E-state index in [1.807, 2.05) is 0 Å². The van der Waals surface area contributed by atoms with E-state index < -0.39 is 11.0 Å². The second kappa shape index (κ2) is 5.97. The van der Waals surface area contributed by atoms with Crippen LogP contribution in [0.25, 0.3) is 0 Å². The molecular formula is C12H9Cl2NO4S. The Balaban J connectivity index is 2.36. The van der Waals surface area contributed by atoms with E-state index in [-0.39, 0.29) is 10.8 Å². The molecule has 2 rings (SSSR count). The Hall–Kier alpha value is -1.34. The van der Waals surface area contributed by atoms with Gasteiger partial charge in [0.15, 0.2) is 0 Å². The Morgan fingerprint density at radius 1 is 1.35 bits per heavy atom. The molecule has 5 nitrogen and oxygen atoms in total. The Bertz CT molecular complexity index is 657. The van der Waals surface area contributed by atoms with E-state index in [2.05, 4.69) is 0 Å². The number of benzene rings is 1. The van der Waals surface area contributed by atoms with Crippen molar-refractivity contribution >= 4 is 40.2 Å². The maximum Gasteiger partial charge on any atom is 0.323 e. The number of aliphatic hydroxyl groups is 1. The van der Waals surface area contributed by atoms with Crippen LogP contribution in [0.5, 0.6) is 10.8 Å². The van der Waals surface area contributed by atoms with Gasteiger partial charge in [-0.05, 0) is 19.1 Å². The predicted molar refractivity (Wildman–Crippen MR) is 78.1 cm³/mol. The van der Waals surface area contributed by atoms with Gasteiger partial charge < -0.3 is 9.84 Å².